The van der Waals surface area contributed by atoms with Gasteiger partial charge in [0.2, 0.25) is 0 Å². The molecule has 0 aliphatic carbocycles. The Morgan fingerprint density at radius 1 is 0.737 bits per heavy atom. The van der Waals surface area contributed by atoms with Crippen molar-refractivity contribution in [2.75, 3.05) is 7.11 Å². The lowest BCUT2D eigenvalue weighted by Gasteiger charge is -2.08. The first-order chi connectivity index (χ1) is 9.17. The molecule has 0 spiro atoms. The largest absolute Gasteiger partial charge is 0.707 e. The standard InChI is InChI=1S/C13H13BO5/c1-17-10-2-4-11(5-3-10)18-12-6-8-13(9-7-12)19-14(15)16/h2-9,15-16H,1H3. The molecular formula is C13H13BO5. The molecule has 0 aromatic heterocycles. The average Bonchev–Trinajstić information content (AvgIpc) is 2.41. The Labute approximate surface area is 111 Å². The fourth-order valence-corrected chi connectivity index (χ4v) is 1.49. The van der Waals surface area contributed by atoms with E-state index in [2.05, 4.69) is 4.65 Å². The van der Waals surface area contributed by atoms with Gasteiger partial charge >= 0.3 is 7.32 Å². The minimum Gasteiger partial charge on any atom is -0.512 e. The molecule has 0 aliphatic heterocycles. The Morgan fingerprint density at radius 2 is 1.16 bits per heavy atom. The van der Waals surface area contributed by atoms with Crippen LogP contribution in [-0.2, 0) is 0 Å². The van der Waals surface area contributed by atoms with E-state index < -0.39 is 7.32 Å². The molecule has 98 valence electrons. The van der Waals surface area contributed by atoms with E-state index in [-0.39, 0.29) is 0 Å². The lowest BCUT2D eigenvalue weighted by molar-refractivity contribution is 0.288. The summed E-state index contributed by atoms with van der Waals surface area (Å²) in [6.45, 7) is 0. The van der Waals surface area contributed by atoms with E-state index in [1.807, 2.05) is 0 Å². The number of rotatable bonds is 5. The third-order valence-electron chi connectivity index (χ3n) is 2.36. The summed E-state index contributed by atoms with van der Waals surface area (Å²) in [5, 5.41) is 17.3. The third kappa shape index (κ3) is 3.91. The summed E-state index contributed by atoms with van der Waals surface area (Å²) < 4.78 is 15.3. The van der Waals surface area contributed by atoms with Crippen LogP contribution in [-0.4, -0.2) is 24.5 Å². The molecule has 0 heterocycles. The first kappa shape index (κ1) is 13.3. The molecule has 0 saturated carbocycles. The van der Waals surface area contributed by atoms with E-state index in [1.165, 1.54) is 0 Å². The summed E-state index contributed by atoms with van der Waals surface area (Å²) in [5.74, 6) is 2.40. The van der Waals surface area contributed by atoms with Crippen molar-refractivity contribution in [1.29, 1.82) is 0 Å². The molecule has 0 unspecified atom stereocenters. The summed E-state index contributed by atoms with van der Waals surface area (Å²) in [7, 11) is -0.224. The number of hydrogen-bond donors (Lipinski definition) is 2. The molecule has 0 saturated heterocycles. The molecule has 2 N–H and O–H groups in total. The second-order valence-electron chi connectivity index (χ2n) is 3.69. The zero-order valence-electron chi connectivity index (χ0n) is 10.3. The molecule has 0 aliphatic rings. The van der Waals surface area contributed by atoms with E-state index in [0.29, 0.717) is 17.2 Å². The zero-order chi connectivity index (χ0) is 13.7. The molecule has 0 fully saturated rings. The van der Waals surface area contributed by atoms with Gasteiger partial charge in [-0.25, -0.2) is 0 Å². The van der Waals surface area contributed by atoms with Gasteiger partial charge in [-0.3, -0.25) is 0 Å². The van der Waals surface area contributed by atoms with Gasteiger partial charge in [-0.05, 0) is 48.5 Å². The van der Waals surface area contributed by atoms with Crippen molar-refractivity contribution in [2.45, 2.75) is 0 Å². The Morgan fingerprint density at radius 3 is 1.58 bits per heavy atom. The van der Waals surface area contributed by atoms with Crippen LogP contribution in [0.1, 0.15) is 0 Å². The summed E-state index contributed by atoms with van der Waals surface area (Å²) >= 11 is 0. The number of methoxy groups -OCH3 is 1. The van der Waals surface area contributed by atoms with Gasteiger partial charge < -0.3 is 24.2 Å². The number of benzene rings is 2. The fraction of sp³-hybridized carbons (Fsp3) is 0.0769. The molecule has 0 bridgehead atoms. The van der Waals surface area contributed by atoms with Gasteiger partial charge in [0.25, 0.3) is 0 Å². The number of hydrogen-bond acceptors (Lipinski definition) is 5. The molecule has 2 aromatic carbocycles. The van der Waals surface area contributed by atoms with Gasteiger partial charge in [-0.15, -0.1) is 0 Å². The van der Waals surface area contributed by atoms with Crippen molar-refractivity contribution in [3.05, 3.63) is 48.5 Å². The summed E-state index contributed by atoms with van der Waals surface area (Å²) in [6.07, 6.45) is 0. The summed E-state index contributed by atoms with van der Waals surface area (Å²) in [4.78, 5) is 0. The summed E-state index contributed by atoms with van der Waals surface area (Å²) in [5.41, 5.74) is 0. The molecular weight excluding hydrogens is 247 g/mol. The predicted molar refractivity (Wildman–Crippen MR) is 70.3 cm³/mol. The third-order valence-corrected chi connectivity index (χ3v) is 2.36. The first-order valence-electron chi connectivity index (χ1n) is 5.62. The van der Waals surface area contributed by atoms with E-state index in [0.717, 1.165) is 5.75 Å². The number of ether oxygens (including phenoxy) is 2. The minimum atomic E-state index is -1.83. The van der Waals surface area contributed by atoms with Crippen molar-refractivity contribution in [3.63, 3.8) is 0 Å². The lowest BCUT2D eigenvalue weighted by atomic mass is 10.2. The van der Waals surface area contributed by atoms with E-state index in [1.54, 1.807) is 55.6 Å². The topological polar surface area (TPSA) is 68.2 Å². The predicted octanol–water partition coefficient (Wildman–Crippen LogP) is 1.84. The molecule has 0 amide bonds. The van der Waals surface area contributed by atoms with E-state index in [4.69, 9.17) is 19.5 Å². The van der Waals surface area contributed by atoms with Crippen LogP contribution in [0.25, 0.3) is 0 Å². The Balaban J connectivity index is 2.02. The Kier molecular flexibility index (Phi) is 4.28. The smallest absolute Gasteiger partial charge is 0.512 e. The van der Waals surface area contributed by atoms with Gasteiger partial charge in [0, 0.05) is 0 Å². The highest BCUT2D eigenvalue weighted by Crippen LogP contribution is 2.25. The zero-order valence-corrected chi connectivity index (χ0v) is 10.3. The van der Waals surface area contributed by atoms with Gasteiger partial charge in [0.1, 0.15) is 23.0 Å². The van der Waals surface area contributed by atoms with Crippen molar-refractivity contribution < 1.29 is 24.2 Å². The highest BCUT2D eigenvalue weighted by molar-refractivity contribution is 6.33. The van der Waals surface area contributed by atoms with Crippen LogP contribution in [0.5, 0.6) is 23.0 Å². The maximum Gasteiger partial charge on any atom is 0.707 e. The average molecular weight is 260 g/mol. The monoisotopic (exact) mass is 260 g/mol. The molecule has 2 rings (SSSR count). The van der Waals surface area contributed by atoms with Crippen LogP contribution in [0, 0.1) is 0 Å². The quantitative estimate of drug-likeness (QED) is 0.803. The van der Waals surface area contributed by atoms with E-state index >= 15 is 0 Å². The van der Waals surface area contributed by atoms with Crippen LogP contribution in [0.3, 0.4) is 0 Å². The normalized spacial score (nSPS) is 9.84. The molecule has 19 heavy (non-hydrogen) atoms. The second kappa shape index (κ2) is 6.13. The van der Waals surface area contributed by atoms with Gasteiger partial charge in [0.15, 0.2) is 0 Å². The maximum atomic E-state index is 8.65. The fourth-order valence-electron chi connectivity index (χ4n) is 1.49. The van der Waals surface area contributed by atoms with Crippen LogP contribution in [0.2, 0.25) is 0 Å². The molecule has 6 heteroatoms. The Bertz CT molecular complexity index is 510. The van der Waals surface area contributed by atoms with Gasteiger partial charge in [0.05, 0.1) is 7.11 Å². The van der Waals surface area contributed by atoms with Crippen LogP contribution < -0.4 is 14.1 Å². The molecule has 0 atom stereocenters. The van der Waals surface area contributed by atoms with Crippen molar-refractivity contribution >= 4 is 7.32 Å². The first-order valence-corrected chi connectivity index (χ1v) is 5.62. The molecule has 5 nitrogen and oxygen atoms in total. The molecule has 2 aromatic rings. The van der Waals surface area contributed by atoms with E-state index in [9.17, 15) is 0 Å². The van der Waals surface area contributed by atoms with Gasteiger partial charge in [-0.2, -0.15) is 0 Å². The van der Waals surface area contributed by atoms with Gasteiger partial charge in [-0.1, -0.05) is 0 Å². The van der Waals surface area contributed by atoms with Crippen LogP contribution in [0.4, 0.5) is 0 Å². The molecule has 0 radical (unpaired) electrons. The van der Waals surface area contributed by atoms with Crippen molar-refractivity contribution in [2.24, 2.45) is 0 Å². The van der Waals surface area contributed by atoms with Crippen molar-refractivity contribution in [3.8, 4) is 23.0 Å². The SMILES string of the molecule is COc1ccc(Oc2ccc(OB(O)O)cc2)cc1. The summed E-state index contributed by atoms with van der Waals surface area (Å²) in [6, 6.07) is 13.7. The van der Waals surface area contributed by atoms with Crippen molar-refractivity contribution in [1.82, 2.24) is 0 Å². The minimum absolute atomic E-state index is 0.345. The highest BCUT2D eigenvalue weighted by Gasteiger charge is 2.10. The van der Waals surface area contributed by atoms with Crippen LogP contribution in [0.15, 0.2) is 48.5 Å². The second-order valence-corrected chi connectivity index (χ2v) is 3.69. The lowest BCUT2D eigenvalue weighted by Crippen LogP contribution is -2.20. The maximum absolute atomic E-state index is 8.65. The highest BCUT2D eigenvalue weighted by atomic mass is 16.6. The van der Waals surface area contributed by atoms with Crippen LogP contribution >= 0.6 is 0 Å². The Hall–Kier alpha value is -2.18.